The highest BCUT2D eigenvalue weighted by atomic mass is 32.2. The van der Waals surface area contributed by atoms with E-state index < -0.39 is 12.0 Å². The molecule has 3 rings (SSSR count). The van der Waals surface area contributed by atoms with Crippen LogP contribution in [-0.2, 0) is 22.6 Å². The molecule has 2 atom stereocenters. The molecule has 2 heterocycles. The summed E-state index contributed by atoms with van der Waals surface area (Å²) >= 11 is 1.59. The lowest BCUT2D eigenvalue weighted by Crippen LogP contribution is -2.57. The third-order valence-corrected chi connectivity index (χ3v) is 5.10. The molecule has 2 N–H and O–H groups in total. The molecule has 1 aromatic carbocycles. The molecule has 5 nitrogen and oxygen atoms in total. The van der Waals surface area contributed by atoms with E-state index in [1.165, 1.54) is 16.0 Å². The summed E-state index contributed by atoms with van der Waals surface area (Å²) in [6.45, 7) is 1.17. The van der Waals surface area contributed by atoms with Crippen LogP contribution in [0.1, 0.15) is 11.1 Å². The summed E-state index contributed by atoms with van der Waals surface area (Å²) in [4.78, 5) is 25.5. The van der Waals surface area contributed by atoms with Gasteiger partial charge in [0.15, 0.2) is 0 Å². The molecule has 112 valence electrons. The first-order valence-electron chi connectivity index (χ1n) is 7.08. The quantitative estimate of drug-likeness (QED) is 0.843. The fourth-order valence-electron chi connectivity index (χ4n) is 2.90. The average molecular weight is 306 g/mol. The highest BCUT2D eigenvalue weighted by Crippen LogP contribution is 2.21. The molecule has 0 spiro atoms. The average Bonchev–Trinajstić information content (AvgIpc) is 2.53. The van der Waals surface area contributed by atoms with Crippen LogP contribution in [0.15, 0.2) is 24.3 Å². The van der Waals surface area contributed by atoms with E-state index in [0.717, 1.165) is 5.75 Å². The molecule has 1 fully saturated rings. The second-order valence-corrected chi connectivity index (χ2v) is 6.52. The van der Waals surface area contributed by atoms with E-state index in [4.69, 9.17) is 0 Å². The fraction of sp³-hybridized carbons (Fsp3) is 0.467. The number of carbonyl (C=O) groups is 2. The number of hydrogen-bond donors (Lipinski definition) is 2. The Kier molecular flexibility index (Phi) is 4.17. The van der Waals surface area contributed by atoms with Gasteiger partial charge in [-0.25, -0.2) is 4.79 Å². The second-order valence-electron chi connectivity index (χ2n) is 5.37. The summed E-state index contributed by atoms with van der Waals surface area (Å²) in [5, 5.41) is 12.5. The van der Waals surface area contributed by atoms with Crippen molar-refractivity contribution in [2.24, 2.45) is 0 Å². The first kappa shape index (κ1) is 14.4. The Bertz CT molecular complexity index is 564. The molecule has 0 aromatic heterocycles. The van der Waals surface area contributed by atoms with Crippen molar-refractivity contribution in [3.63, 3.8) is 0 Å². The van der Waals surface area contributed by atoms with E-state index in [0.29, 0.717) is 25.3 Å². The van der Waals surface area contributed by atoms with Gasteiger partial charge in [-0.1, -0.05) is 24.3 Å². The number of carboxylic acids is 1. The van der Waals surface area contributed by atoms with Crippen molar-refractivity contribution in [2.75, 3.05) is 18.1 Å². The highest BCUT2D eigenvalue weighted by Gasteiger charge is 2.36. The van der Waals surface area contributed by atoms with Crippen LogP contribution in [0.2, 0.25) is 0 Å². The lowest BCUT2D eigenvalue weighted by molar-refractivity contribution is -0.150. The topological polar surface area (TPSA) is 69.6 Å². The number of carbonyl (C=O) groups excluding carboxylic acids is 1. The number of carboxylic acid groups (broad SMARTS) is 1. The Morgan fingerprint density at radius 2 is 2.05 bits per heavy atom. The van der Waals surface area contributed by atoms with Crippen LogP contribution in [0.3, 0.4) is 0 Å². The number of rotatable bonds is 2. The van der Waals surface area contributed by atoms with Crippen molar-refractivity contribution in [3.05, 3.63) is 35.4 Å². The Hall–Kier alpha value is -1.53. The van der Waals surface area contributed by atoms with Gasteiger partial charge in [-0.2, -0.15) is 11.8 Å². The largest absolute Gasteiger partial charge is 0.480 e. The van der Waals surface area contributed by atoms with E-state index in [1.54, 1.807) is 11.8 Å². The molecule has 21 heavy (non-hydrogen) atoms. The molecule has 0 bridgehead atoms. The molecule has 6 heteroatoms. The van der Waals surface area contributed by atoms with E-state index >= 15 is 0 Å². The van der Waals surface area contributed by atoms with Gasteiger partial charge >= 0.3 is 5.97 Å². The van der Waals surface area contributed by atoms with Crippen molar-refractivity contribution < 1.29 is 14.7 Å². The van der Waals surface area contributed by atoms with Crippen molar-refractivity contribution in [1.29, 1.82) is 0 Å². The number of aliphatic carboxylic acids is 1. The Balaban J connectivity index is 1.75. The number of nitrogens with one attached hydrogen (secondary N) is 1. The van der Waals surface area contributed by atoms with Crippen LogP contribution in [0.5, 0.6) is 0 Å². The molecule has 0 aliphatic carbocycles. The molecular weight excluding hydrogens is 288 g/mol. The van der Waals surface area contributed by atoms with Crippen molar-refractivity contribution in [2.45, 2.75) is 25.0 Å². The van der Waals surface area contributed by atoms with Gasteiger partial charge in [0.2, 0.25) is 5.91 Å². The summed E-state index contributed by atoms with van der Waals surface area (Å²) < 4.78 is 0. The number of benzene rings is 1. The molecule has 1 saturated heterocycles. The molecule has 1 unspecified atom stereocenters. The number of hydrogen-bond acceptors (Lipinski definition) is 4. The molecule has 0 radical (unpaired) electrons. The number of nitrogens with zero attached hydrogens (tertiary/aromatic N) is 1. The summed E-state index contributed by atoms with van der Waals surface area (Å²) in [6, 6.07) is 7.05. The number of fused-ring (bicyclic) bond motifs is 1. The predicted octanol–water partition coefficient (Wildman–Crippen LogP) is 0.729. The van der Waals surface area contributed by atoms with Gasteiger partial charge in [0.25, 0.3) is 0 Å². The van der Waals surface area contributed by atoms with Crippen molar-refractivity contribution >= 4 is 23.6 Å². The van der Waals surface area contributed by atoms with Crippen LogP contribution >= 0.6 is 11.8 Å². The standard InChI is InChI=1S/C15H18N2O3S/c18-14(17-5-6-21-9-13(17)15(19)20)12-7-10-3-1-2-4-11(10)8-16-12/h1-4,12-13,16H,5-9H2,(H,19,20)/t12-,13?/m0/s1. The SMILES string of the molecule is O=C(O)C1CSCCN1C(=O)[C@@H]1Cc2ccccc2CN1. The minimum absolute atomic E-state index is 0.0859. The van der Waals surface area contributed by atoms with Gasteiger partial charge < -0.3 is 15.3 Å². The van der Waals surface area contributed by atoms with Crippen LogP contribution < -0.4 is 5.32 Å². The summed E-state index contributed by atoms with van der Waals surface area (Å²) in [5.41, 5.74) is 2.39. The third kappa shape index (κ3) is 2.91. The van der Waals surface area contributed by atoms with Crippen LogP contribution in [0.25, 0.3) is 0 Å². The zero-order valence-corrected chi connectivity index (χ0v) is 12.4. The highest BCUT2D eigenvalue weighted by molar-refractivity contribution is 7.99. The molecule has 0 saturated carbocycles. The van der Waals surface area contributed by atoms with Gasteiger partial charge in [0, 0.05) is 24.6 Å². The van der Waals surface area contributed by atoms with Gasteiger partial charge in [-0.05, 0) is 17.5 Å². The predicted molar refractivity (Wildman–Crippen MR) is 81.2 cm³/mol. The summed E-state index contributed by atoms with van der Waals surface area (Å²) in [5.74, 6) is 0.285. The van der Waals surface area contributed by atoms with Gasteiger partial charge in [-0.3, -0.25) is 4.79 Å². The second kappa shape index (κ2) is 6.07. The van der Waals surface area contributed by atoms with Crippen molar-refractivity contribution in [3.8, 4) is 0 Å². The monoisotopic (exact) mass is 306 g/mol. The lowest BCUT2D eigenvalue weighted by atomic mass is 9.95. The van der Waals surface area contributed by atoms with E-state index in [2.05, 4.69) is 11.4 Å². The number of amides is 1. The van der Waals surface area contributed by atoms with Crippen LogP contribution in [0, 0.1) is 0 Å². The third-order valence-electron chi connectivity index (χ3n) is 4.08. The first-order valence-corrected chi connectivity index (χ1v) is 8.23. The van der Waals surface area contributed by atoms with Gasteiger partial charge in [0.05, 0.1) is 6.04 Å². The Morgan fingerprint density at radius 3 is 2.81 bits per heavy atom. The molecule has 1 aromatic rings. The van der Waals surface area contributed by atoms with E-state index in [9.17, 15) is 14.7 Å². The fourth-order valence-corrected chi connectivity index (χ4v) is 3.94. The smallest absolute Gasteiger partial charge is 0.327 e. The Labute approximate surface area is 127 Å². The summed E-state index contributed by atoms with van der Waals surface area (Å²) in [7, 11) is 0. The Morgan fingerprint density at radius 1 is 1.29 bits per heavy atom. The van der Waals surface area contributed by atoms with Crippen molar-refractivity contribution in [1.82, 2.24) is 10.2 Å². The number of thioether (sulfide) groups is 1. The molecule has 2 aliphatic rings. The maximum absolute atomic E-state index is 12.7. The zero-order valence-electron chi connectivity index (χ0n) is 11.6. The molecular formula is C15H18N2O3S. The van der Waals surface area contributed by atoms with Gasteiger partial charge in [-0.15, -0.1) is 0 Å². The first-order chi connectivity index (χ1) is 10.2. The summed E-state index contributed by atoms with van der Waals surface area (Å²) in [6.07, 6.45) is 0.630. The van der Waals surface area contributed by atoms with E-state index in [-0.39, 0.29) is 11.9 Å². The zero-order chi connectivity index (χ0) is 14.8. The molecule has 1 amide bonds. The maximum atomic E-state index is 12.7. The van der Waals surface area contributed by atoms with Crippen LogP contribution in [0.4, 0.5) is 0 Å². The maximum Gasteiger partial charge on any atom is 0.327 e. The molecule has 2 aliphatic heterocycles. The minimum atomic E-state index is -0.910. The minimum Gasteiger partial charge on any atom is -0.480 e. The van der Waals surface area contributed by atoms with Crippen LogP contribution in [-0.4, -0.2) is 52.0 Å². The van der Waals surface area contributed by atoms with Gasteiger partial charge in [0.1, 0.15) is 6.04 Å². The van der Waals surface area contributed by atoms with E-state index in [1.807, 2.05) is 18.2 Å². The normalized spacial score (nSPS) is 25.2. The lowest BCUT2D eigenvalue weighted by Gasteiger charge is -2.36.